The maximum Gasteiger partial charge on any atom is 0.417 e. The maximum absolute atomic E-state index is 12.7. The number of hydrogen-bond acceptors (Lipinski definition) is 2. The van der Waals surface area contributed by atoms with Crippen LogP contribution in [0.4, 0.5) is 24.5 Å². The van der Waals surface area contributed by atoms with Gasteiger partial charge in [-0.1, -0.05) is 29.8 Å². The van der Waals surface area contributed by atoms with Gasteiger partial charge >= 0.3 is 6.18 Å². The van der Waals surface area contributed by atoms with Crippen molar-refractivity contribution in [2.45, 2.75) is 12.6 Å². The summed E-state index contributed by atoms with van der Waals surface area (Å²) in [5.41, 5.74) is -0.0445. The van der Waals surface area contributed by atoms with Gasteiger partial charge in [-0.25, -0.2) is 0 Å². The third-order valence-electron chi connectivity index (χ3n) is 3.01. The van der Waals surface area contributed by atoms with Crippen LogP contribution in [0.3, 0.4) is 0 Å². The van der Waals surface area contributed by atoms with Crippen molar-refractivity contribution in [1.82, 2.24) is 0 Å². The molecule has 2 aromatic carbocycles. The van der Waals surface area contributed by atoms with E-state index in [2.05, 4.69) is 10.6 Å². The first kappa shape index (κ1) is 17.1. The van der Waals surface area contributed by atoms with E-state index in [9.17, 15) is 18.0 Å². The molecule has 2 rings (SSSR count). The van der Waals surface area contributed by atoms with Crippen LogP contribution in [-0.2, 0) is 11.0 Å². The van der Waals surface area contributed by atoms with Crippen molar-refractivity contribution in [3.8, 4) is 0 Å². The Labute approximate surface area is 136 Å². The number of anilines is 2. The lowest BCUT2D eigenvalue weighted by Gasteiger charge is -2.12. The minimum Gasteiger partial charge on any atom is -0.385 e. The molecule has 0 bridgehead atoms. The lowest BCUT2D eigenvalue weighted by atomic mass is 10.2. The second-order valence-electron chi connectivity index (χ2n) is 4.78. The Bertz CT molecular complexity index is 675. The predicted octanol–water partition coefficient (Wildman–Crippen LogP) is 4.80. The molecule has 2 aromatic rings. The minimum absolute atomic E-state index is 0.0615. The van der Waals surface area contributed by atoms with E-state index in [0.29, 0.717) is 6.54 Å². The molecule has 0 heterocycles. The Balaban J connectivity index is 1.90. The van der Waals surface area contributed by atoms with Gasteiger partial charge in [-0.2, -0.15) is 13.2 Å². The highest BCUT2D eigenvalue weighted by Crippen LogP contribution is 2.36. The van der Waals surface area contributed by atoms with Crippen molar-refractivity contribution >= 4 is 28.9 Å². The quantitative estimate of drug-likeness (QED) is 0.819. The van der Waals surface area contributed by atoms with Gasteiger partial charge in [-0.15, -0.1) is 0 Å². The molecule has 2 N–H and O–H groups in total. The van der Waals surface area contributed by atoms with Gasteiger partial charge in [0.2, 0.25) is 5.91 Å². The van der Waals surface area contributed by atoms with Crippen molar-refractivity contribution in [2.24, 2.45) is 0 Å². The fourth-order valence-electron chi connectivity index (χ4n) is 1.92. The van der Waals surface area contributed by atoms with Crippen molar-refractivity contribution in [2.75, 3.05) is 17.2 Å². The van der Waals surface area contributed by atoms with E-state index in [1.54, 1.807) is 0 Å². The smallest absolute Gasteiger partial charge is 0.385 e. The number of carbonyl (C=O) groups is 1. The summed E-state index contributed by atoms with van der Waals surface area (Å²) in [5.74, 6) is -0.385. The van der Waals surface area contributed by atoms with Gasteiger partial charge in [0.05, 0.1) is 10.6 Å². The molecule has 0 aromatic heterocycles. The highest BCUT2D eigenvalue weighted by Gasteiger charge is 2.33. The molecule has 23 heavy (non-hydrogen) atoms. The Morgan fingerprint density at radius 2 is 1.74 bits per heavy atom. The summed E-state index contributed by atoms with van der Waals surface area (Å²) in [4.78, 5) is 11.8. The third-order valence-corrected chi connectivity index (χ3v) is 3.34. The Morgan fingerprint density at radius 3 is 2.39 bits per heavy atom. The molecule has 0 saturated heterocycles. The molecule has 0 spiro atoms. The van der Waals surface area contributed by atoms with Gasteiger partial charge < -0.3 is 10.6 Å². The summed E-state index contributed by atoms with van der Waals surface area (Å²) < 4.78 is 38.2. The number of nitrogens with one attached hydrogen (secondary N) is 2. The topological polar surface area (TPSA) is 41.1 Å². The molecule has 0 aliphatic heterocycles. The second-order valence-corrected chi connectivity index (χ2v) is 5.19. The molecule has 7 heteroatoms. The van der Waals surface area contributed by atoms with Gasteiger partial charge in [-0.3, -0.25) is 4.79 Å². The number of halogens is 4. The zero-order valence-electron chi connectivity index (χ0n) is 12.0. The summed E-state index contributed by atoms with van der Waals surface area (Å²) in [6.07, 6.45) is -4.44. The van der Waals surface area contributed by atoms with Crippen LogP contribution in [0, 0.1) is 0 Å². The van der Waals surface area contributed by atoms with Crippen LogP contribution in [0.25, 0.3) is 0 Å². The third kappa shape index (κ3) is 5.17. The van der Waals surface area contributed by atoms with Crippen LogP contribution in [0.5, 0.6) is 0 Å². The van der Waals surface area contributed by atoms with Gasteiger partial charge in [0.15, 0.2) is 0 Å². The van der Waals surface area contributed by atoms with Crippen LogP contribution in [0.2, 0.25) is 5.02 Å². The van der Waals surface area contributed by atoms with Crippen LogP contribution in [-0.4, -0.2) is 12.5 Å². The SMILES string of the molecule is O=C(CCNc1ccccc1)Nc1ccc(Cl)c(C(F)(F)F)c1. The lowest BCUT2D eigenvalue weighted by molar-refractivity contribution is -0.137. The molecule has 0 aliphatic rings. The molecular weight excluding hydrogens is 329 g/mol. The molecule has 0 aliphatic carbocycles. The Kier molecular flexibility index (Phi) is 5.50. The molecule has 0 saturated carbocycles. The molecule has 0 atom stereocenters. The van der Waals surface area contributed by atoms with E-state index in [1.165, 1.54) is 6.07 Å². The van der Waals surface area contributed by atoms with Crippen molar-refractivity contribution in [3.05, 3.63) is 59.1 Å². The normalized spacial score (nSPS) is 11.1. The zero-order chi connectivity index (χ0) is 16.9. The van der Waals surface area contributed by atoms with Crippen molar-refractivity contribution in [3.63, 3.8) is 0 Å². The largest absolute Gasteiger partial charge is 0.417 e. The average Bonchev–Trinajstić information content (AvgIpc) is 2.49. The predicted molar refractivity (Wildman–Crippen MR) is 84.6 cm³/mol. The molecule has 0 fully saturated rings. The van der Waals surface area contributed by atoms with Gasteiger partial charge in [0.25, 0.3) is 0 Å². The molecule has 3 nitrogen and oxygen atoms in total. The summed E-state index contributed by atoms with van der Waals surface area (Å²) in [5, 5.41) is 5.07. The summed E-state index contributed by atoms with van der Waals surface area (Å²) in [6.45, 7) is 0.371. The van der Waals surface area contributed by atoms with E-state index in [4.69, 9.17) is 11.6 Å². The van der Waals surface area contributed by atoms with E-state index in [-0.39, 0.29) is 18.0 Å². The first-order valence-corrected chi connectivity index (χ1v) is 7.19. The summed E-state index contributed by atoms with van der Waals surface area (Å²) in [6, 6.07) is 12.6. The highest BCUT2D eigenvalue weighted by molar-refractivity contribution is 6.31. The summed E-state index contributed by atoms with van der Waals surface area (Å²) in [7, 11) is 0. The molecule has 122 valence electrons. The van der Waals surface area contributed by atoms with Crippen molar-refractivity contribution < 1.29 is 18.0 Å². The Morgan fingerprint density at radius 1 is 1.04 bits per heavy atom. The lowest BCUT2D eigenvalue weighted by Crippen LogP contribution is -2.17. The molecule has 0 unspecified atom stereocenters. The fraction of sp³-hybridized carbons (Fsp3) is 0.188. The first-order valence-electron chi connectivity index (χ1n) is 6.82. The highest BCUT2D eigenvalue weighted by atomic mass is 35.5. The van der Waals surface area contributed by atoms with Gasteiger partial charge in [-0.05, 0) is 30.3 Å². The van der Waals surface area contributed by atoms with E-state index in [0.717, 1.165) is 17.8 Å². The number of hydrogen-bond donors (Lipinski definition) is 2. The number of amides is 1. The van der Waals surface area contributed by atoms with Gasteiger partial charge in [0, 0.05) is 24.3 Å². The Hall–Kier alpha value is -2.21. The number of rotatable bonds is 5. The maximum atomic E-state index is 12.7. The number of alkyl halides is 3. The number of carbonyl (C=O) groups excluding carboxylic acids is 1. The van der Waals surface area contributed by atoms with Crippen LogP contribution < -0.4 is 10.6 Å². The molecule has 1 amide bonds. The first-order chi connectivity index (χ1) is 10.9. The monoisotopic (exact) mass is 342 g/mol. The van der Waals surface area contributed by atoms with Crippen LogP contribution in [0.1, 0.15) is 12.0 Å². The number of benzene rings is 2. The van der Waals surface area contributed by atoms with Crippen LogP contribution in [0.15, 0.2) is 48.5 Å². The zero-order valence-corrected chi connectivity index (χ0v) is 12.7. The van der Waals surface area contributed by atoms with E-state index < -0.39 is 16.8 Å². The molecule has 0 radical (unpaired) electrons. The number of para-hydroxylation sites is 1. The standard InChI is InChI=1S/C16H14ClF3N2O/c17-14-7-6-12(10-13(14)16(18,19)20)22-15(23)8-9-21-11-4-2-1-3-5-11/h1-7,10,21H,8-9H2,(H,22,23). The fourth-order valence-corrected chi connectivity index (χ4v) is 2.14. The van der Waals surface area contributed by atoms with E-state index >= 15 is 0 Å². The molecular formula is C16H14ClF3N2O. The van der Waals surface area contributed by atoms with E-state index in [1.807, 2.05) is 30.3 Å². The van der Waals surface area contributed by atoms with Crippen molar-refractivity contribution in [1.29, 1.82) is 0 Å². The minimum atomic E-state index is -4.56. The summed E-state index contributed by atoms with van der Waals surface area (Å²) >= 11 is 5.53. The van der Waals surface area contributed by atoms with Crippen LogP contribution >= 0.6 is 11.6 Å². The average molecular weight is 343 g/mol. The van der Waals surface area contributed by atoms with Gasteiger partial charge in [0.1, 0.15) is 0 Å². The second kappa shape index (κ2) is 7.37.